The molecule has 1 aromatic rings. The molecule has 0 saturated heterocycles. The van der Waals surface area contributed by atoms with E-state index in [1.165, 1.54) is 29.7 Å². The standard InChI is InChI=1S/C16H26N2O/c1-13-10-15(11-17-2)6-7-16(13)18(3)8-9-19-12-14-4-5-14/h6-7,10,14,17H,4-5,8-9,11-12H2,1-3H3. The molecule has 1 aliphatic carbocycles. The summed E-state index contributed by atoms with van der Waals surface area (Å²) in [6.07, 6.45) is 2.73. The van der Waals surface area contributed by atoms with Crippen LogP contribution in [0.5, 0.6) is 0 Å². The van der Waals surface area contributed by atoms with E-state index in [0.717, 1.165) is 32.2 Å². The Morgan fingerprint density at radius 1 is 1.37 bits per heavy atom. The summed E-state index contributed by atoms with van der Waals surface area (Å²) in [4.78, 5) is 2.28. The van der Waals surface area contributed by atoms with Crippen LogP contribution in [0.3, 0.4) is 0 Å². The Kier molecular flexibility index (Phi) is 5.23. The predicted molar refractivity (Wildman–Crippen MR) is 80.8 cm³/mol. The number of ether oxygens (including phenoxy) is 1. The third-order valence-electron chi connectivity index (χ3n) is 3.67. The number of hydrogen-bond acceptors (Lipinski definition) is 3. The fourth-order valence-electron chi connectivity index (χ4n) is 2.32. The lowest BCUT2D eigenvalue weighted by atomic mass is 10.1. The topological polar surface area (TPSA) is 24.5 Å². The molecule has 0 spiro atoms. The molecule has 3 nitrogen and oxygen atoms in total. The number of anilines is 1. The molecule has 19 heavy (non-hydrogen) atoms. The second kappa shape index (κ2) is 6.92. The zero-order valence-electron chi connectivity index (χ0n) is 12.4. The van der Waals surface area contributed by atoms with Crippen molar-refractivity contribution in [2.45, 2.75) is 26.3 Å². The van der Waals surface area contributed by atoms with Crippen molar-refractivity contribution in [2.75, 3.05) is 38.8 Å². The van der Waals surface area contributed by atoms with E-state index < -0.39 is 0 Å². The first-order valence-corrected chi connectivity index (χ1v) is 7.23. The van der Waals surface area contributed by atoms with Crippen molar-refractivity contribution >= 4 is 5.69 Å². The summed E-state index contributed by atoms with van der Waals surface area (Å²) in [5.41, 5.74) is 3.97. The van der Waals surface area contributed by atoms with Gasteiger partial charge in [-0.3, -0.25) is 0 Å². The lowest BCUT2D eigenvalue weighted by molar-refractivity contribution is 0.131. The van der Waals surface area contributed by atoms with Gasteiger partial charge in [0, 0.05) is 32.4 Å². The number of rotatable bonds is 8. The Labute approximate surface area is 116 Å². The Balaban J connectivity index is 1.81. The Morgan fingerprint density at radius 2 is 2.16 bits per heavy atom. The highest BCUT2D eigenvalue weighted by atomic mass is 16.5. The summed E-state index contributed by atoms with van der Waals surface area (Å²) in [5.74, 6) is 0.855. The zero-order valence-corrected chi connectivity index (χ0v) is 12.4. The lowest BCUT2D eigenvalue weighted by Crippen LogP contribution is -2.23. The van der Waals surface area contributed by atoms with Crippen LogP contribution in [-0.4, -0.2) is 33.9 Å². The molecular weight excluding hydrogens is 236 g/mol. The van der Waals surface area contributed by atoms with Crippen LogP contribution < -0.4 is 10.2 Å². The molecule has 1 saturated carbocycles. The molecule has 0 heterocycles. The van der Waals surface area contributed by atoms with Gasteiger partial charge in [0.25, 0.3) is 0 Å². The molecule has 0 aromatic heterocycles. The van der Waals surface area contributed by atoms with Crippen molar-refractivity contribution in [2.24, 2.45) is 5.92 Å². The van der Waals surface area contributed by atoms with Gasteiger partial charge in [-0.05, 0) is 49.9 Å². The van der Waals surface area contributed by atoms with Crippen molar-refractivity contribution in [1.29, 1.82) is 0 Å². The molecule has 1 aromatic carbocycles. The van der Waals surface area contributed by atoms with Gasteiger partial charge in [0.15, 0.2) is 0 Å². The molecule has 0 amide bonds. The fourth-order valence-corrected chi connectivity index (χ4v) is 2.32. The van der Waals surface area contributed by atoms with Crippen LogP contribution in [0, 0.1) is 12.8 Å². The summed E-state index contributed by atoms with van der Waals surface area (Å²) in [6, 6.07) is 6.66. The van der Waals surface area contributed by atoms with Gasteiger partial charge in [-0.2, -0.15) is 0 Å². The number of benzene rings is 1. The SMILES string of the molecule is CNCc1ccc(N(C)CCOCC2CC2)c(C)c1. The van der Waals surface area contributed by atoms with Gasteiger partial charge < -0.3 is 15.0 Å². The maximum absolute atomic E-state index is 5.70. The lowest BCUT2D eigenvalue weighted by Gasteiger charge is -2.22. The van der Waals surface area contributed by atoms with E-state index in [-0.39, 0.29) is 0 Å². The van der Waals surface area contributed by atoms with E-state index in [0.29, 0.717) is 0 Å². The largest absolute Gasteiger partial charge is 0.379 e. The summed E-state index contributed by atoms with van der Waals surface area (Å²) in [7, 11) is 4.12. The third-order valence-corrected chi connectivity index (χ3v) is 3.67. The van der Waals surface area contributed by atoms with Gasteiger partial charge in [0.2, 0.25) is 0 Å². The monoisotopic (exact) mass is 262 g/mol. The first kappa shape index (κ1) is 14.4. The summed E-state index contributed by atoms with van der Waals surface area (Å²) < 4.78 is 5.70. The summed E-state index contributed by atoms with van der Waals surface area (Å²) in [5, 5.41) is 3.18. The number of nitrogens with one attached hydrogen (secondary N) is 1. The van der Waals surface area contributed by atoms with Crippen LogP contribution >= 0.6 is 0 Å². The molecule has 0 aliphatic heterocycles. The van der Waals surface area contributed by atoms with E-state index in [2.05, 4.69) is 42.4 Å². The van der Waals surface area contributed by atoms with Gasteiger partial charge in [-0.1, -0.05) is 12.1 Å². The quantitative estimate of drug-likeness (QED) is 0.729. The van der Waals surface area contributed by atoms with Crippen LogP contribution in [0.2, 0.25) is 0 Å². The summed E-state index contributed by atoms with van der Waals surface area (Å²) >= 11 is 0. The highest BCUT2D eigenvalue weighted by Gasteiger charge is 2.21. The van der Waals surface area contributed by atoms with Crippen LogP contribution in [0.15, 0.2) is 18.2 Å². The Hall–Kier alpha value is -1.06. The Morgan fingerprint density at radius 3 is 2.79 bits per heavy atom. The van der Waals surface area contributed by atoms with Gasteiger partial charge in [-0.15, -0.1) is 0 Å². The van der Waals surface area contributed by atoms with Crippen LogP contribution in [0.1, 0.15) is 24.0 Å². The van der Waals surface area contributed by atoms with Gasteiger partial charge in [0.05, 0.1) is 6.61 Å². The van der Waals surface area contributed by atoms with E-state index in [1.807, 2.05) is 7.05 Å². The molecule has 1 aliphatic rings. The number of aryl methyl sites for hydroxylation is 1. The molecule has 3 heteroatoms. The molecule has 0 unspecified atom stereocenters. The Bertz CT molecular complexity index is 402. The number of nitrogens with zero attached hydrogens (tertiary/aromatic N) is 1. The van der Waals surface area contributed by atoms with E-state index in [4.69, 9.17) is 4.74 Å². The minimum Gasteiger partial charge on any atom is -0.379 e. The predicted octanol–water partition coefficient (Wildman–Crippen LogP) is 2.58. The van der Waals surface area contributed by atoms with Gasteiger partial charge in [0.1, 0.15) is 0 Å². The molecule has 2 rings (SSSR count). The molecule has 1 fully saturated rings. The van der Waals surface area contributed by atoms with Gasteiger partial charge in [-0.25, -0.2) is 0 Å². The highest BCUT2D eigenvalue weighted by Crippen LogP contribution is 2.28. The van der Waals surface area contributed by atoms with Crippen LogP contribution in [0.25, 0.3) is 0 Å². The maximum Gasteiger partial charge on any atom is 0.0641 e. The molecule has 0 radical (unpaired) electrons. The zero-order chi connectivity index (χ0) is 13.7. The molecule has 106 valence electrons. The highest BCUT2D eigenvalue weighted by molar-refractivity contribution is 5.53. The van der Waals surface area contributed by atoms with Crippen molar-refractivity contribution in [3.63, 3.8) is 0 Å². The van der Waals surface area contributed by atoms with Crippen molar-refractivity contribution < 1.29 is 4.74 Å². The van der Waals surface area contributed by atoms with E-state index in [9.17, 15) is 0 Å². The average molecular weight is 262 g/mol. The molecule has 1 N–H and O–H groups in total. The first-order valence-electron chi connectivity index (χ1n) is 7.23. The van der Waals surface area contributed by atoms with Crippen molar-refractivity contribution in [3.8, 4) is 0 Å². The molecule has 0 bridgehead atoms. The van der Waals surface area contributed by atoms with Crippen LogP contribution in [-0.2, 0) is 11.3 Å². The molecule has 0 atom stereocenters. The van der Waals surface area contributed by atoms with E-state index in [1.54, 1.807) is 0 Å². The van der Waals surface area contributed by atoms with Gasteiger partial charge >= 0.3 is 0 Å². The third kappa shape index (κ3) is 4.51. The average Bonchev–Trinajstić information content (AvgIpc) is 3.19. The smallest absolute Gasteiger partial charge is 0.0641 e. The summed E-state index contributed by atoms with van der Waals surface area (Å²) in [6.45, 7) is 5.84. The minimum atomic E-state index is 0.824. The fraction of sp³-hybridized carbons (Fsp3) is 0.625. The maximum atomic E-state index is 5.70. The first-order chi connectivity index (χ1) is 9.20. The van der Waals surface area contributed by atoms with Crippen LogP contribution in [0.4, 0.5) is 5.69 Å². The van der Waals surface area contributed by atoms with E-state index >= 15 is 0 Å². The van der Waals surface area contributed by atoms with Crippen molar-refractivity contribution in [3.05, 3.63) is 29.3 Å². The second-order valence-corrected chi connectivity index (χ2v) is 5.59. The number of hydrogen-bond donors (Lipinski definition) is 1. The number of likely N-dealkylation sites (N-methyl/N-ethyl adjacent to an activating group) is 1. The minimum absolute atomic E-state index is 0.824. The second-order valence-electron chi connectivity index (χ2n) is 5.59. The van der Waals surface area contributed by atoms with Crippen molar-refractivity contribution in [1.82, 2.24) is 5.32 Å². The molecular formula is C16H26N2O. The normalized spacial score (nSPS) is 14.7.